The van der Waals surface area contributed by atoms with Crippen LogP contribution in [0.2, 0.25) is 0 Å². The molecule has 0 amide bonds. The molecule has 1 atom stereocenters. The van der Waals surface area contributed by atoms with Gasteiger partial charge < -0.3 is 5.11 Å². The van der Waals surface area contributed by atoms with Crippen LogP contribution in [0.25, 0.3) is 0 Å². The summed E-state index contributed by atoms with van der Waals surface area (Å²) in [5, 5.41) is 14.2. The molecular formula is C10H17N3O5S3. The number of nitrogens with zero attached hydrogens (tertiary/aromatic N) is 2. The zero-order valence-corrected chi connectivity index (χ0v) is 14.1. The number of thioether (sulfide) groups is 1. The second-order valence-corrected chi connectivity index (χ2v) is 9.92. The van der Waals surface area contributed by atoms with Crippen LogP contribution in [0.4, 0.5) is 0 Å². The van der Waals surface area contributed by atoms with Crippen molar-refractivity contribution in [3.8, 4) is 0 Å². The van der Waals surface area contributed by atoms with Gasteiger partial charge in [-0.05, 0) is 6.92 Å². The molecule has 1 fully saturated rings. The number of nitrogens with one attached hydrogen (secondary N) is 1. The van der Waals surface area contributed by atoms with E-state index in [4.69, 9.17) is 0 Å². The Hall–Kier alpha value is -0.620. The Morgan fingerprint density at radius 2 is 2.10 bits per heavy atom. The number of aromatic nitrogens is 2. The Balaban J connectivity index is 2.51. The van der Waals surface area contributed by atoms with E-state index in [1.54, 1.807) is 6.92 Å². The van der Waals surface area contributed by atoms with Gasteiger partial charge in [0.15, 0.2) is 14.9 Å². The van der Waals surface area contributed by atoms with Crippen LogP contribution in [0, 0.1) is 6.92 Å². The van der Waals surface area contributed by atoms with E-state index in [-0.39, 0.29) is 22.9 Å². The Bertz CT molecular complexity index is 725. The van der Waals surface area contributed by atoms with E-state index < -0.39 is 31.8 Å². The first-order valence-corrected chi connectivity index (χ1v) is 10.7. The van der Waals surface area contributed by atoms with Gasteiger partial charge in [-0.25, -0.2) is 16.8 Å². The molecule has 2 heterocycles. The minimum Gasteiger partial charge on any atom is -0.392 e. The number of hydrogen-bond donors (Lipinski definition) is 2. The highest BCUT2D eigenvalue weighted by Gasteiger charge is 2.41. The molecule has 0 spiro atoms. The fourth-order valence-corrected chi connectivity index (χ4v) is 7.45. The van der Waals surface area contributed by atoms with Crippen LogP contribution in [0.3, 0.4) is 0 Å². The SMILES string of the molecule is Cc1[nH]nc(S(=O)(=O)N2CCSCC2S(C)(=O)=O)c1CO. The largest absolute Gasteiger partial charge is 0.392 e. The van der Waals surface area contributed by atoms with Crippen LogP contribution in [0.5, 0.6) is 0 Å². The van der Waals surface area contributed by atoms with Crippen LogP contribution in [0.15, 0.2) is 5.03 Å². The van der Waals surface area contributed by atoms with Gasteiger partial charge in [0.05, 0.1) is 6.61 Å². The average Bonchev–Trinajstić information content (AvgIpc) is 2.79. The third-order valence-electron chi connectivity index (χ3n) is 3.28. The molecule has 1 unspecified atom stereocenters. The Kier molecular flexibility index (Phi) is 4.69. The lowest BCUT2D eigenvalue weighted by molar-refractivity contribution is 0.277. The maximum atomic E-state index is 12.7. The molecule has 1 saturated heterocycles. The minimum atomic E-state index is -4.08. The van der Waals surface area contributed by atoms with Gasteiger partial charge in [0.2, 0.25) is 0 Å². The number of sulfone groups is 1. The van der Waals surface area contributed by atoms with Crippen molar-refractivity contribution in [3.63, 3.8) is 0 Å². The fraction of sp³-hybridized carbons (Fsp3) is 0.700. The molecule has 0 saturated carbocycles. The molecule has 1 aliphatic heterocycles. The topological polar surface area (TPSA) is 120 Å². The highest BCUT2D eigenvalue weighted by atomic mass is 32.2. The molecule has 1 aliphatic rings. The number of aliphatic hydroxyl groups excluding tert-OH is 1. The highest BCUT2D eigenvalue weighted by Crippen LogP contribution is 2.28. The lowest BCUT2D eigenvalue weighted by atomic mass is 10.3. The summed E-state index contributed by atoms with van der Waals surface area (Å²) in [6.07, 6.45) is 1.02. The van der Waals surface area contributed by atoms with Crippen molar-refractivity contribution in [2.45, 2.75) is 23.9 Å². The normalized spacial score (nSPS) is 21.6. The quantitative estimate of drug-likeness (QED) is 0.734. The standard InChI is InChI=1S/C10H17N3O5S3/c1-7-8(5-14)10(12-11-7)21(17,18)13-3-4-19-6-9(13)20(2,15)16/h9,14H,3-6H2,1-2H3,(H,11,12). The van der Waals surface area contributed by atoms with E-state index in [2.05, 4.69) is 10.2 Å². The predicted molar refractivity (Wildman–Crippen MR) is 79.1 cm³/mol. The fourth-order valence-electron chi connectivity index (χ4n) is 2.12. The van der Waals surface area contributed by atoms with Crippen molar-refractivity contribution >= 4 is 31.6 Å². The molecule has 2 N–H and O–H groups in total. The maximum absolute atomic E-state index is 12.7. The van der Waals surface area contributed by atoms with Crippen molar-refractivity contribution in [1.29, 1.82) is 0 Å². The van der Waals surface area contributed by atoms with Crippen molar-refractivity contribution in [2.24, 2.45) is 0 Å². The number of aliphatic hydroxyl groups is 1. The lowest BCUT2D eigenvalue weighted by Gasteiger charge is -2.32. The summed E-state index contributed by atoms with van der Waals surface area (Å²) in [4.78, 5) is 0. The van der Waals surface area contributed by atoms with Gasteiger partial charge in [-0.1, -0.05) is 0 Å². The smallest absolute Gasteiger partial charge is 0.264 e. The average molecular weight is 355 g/mol. The van der Waals surface area contributed by atoms with Gasteiger partial charge in [-0.2, -0.15) is 21.2 Å². The molecule has 2 rings (SSSR count). The second kappa shape index (κ2) is 5.88. The van der Waals surface area contributed by atoms with E-state index in [9.17, 15) is 21.9 Å². The summed E-state index contributed by atoms with van der Waals surface area (Å²) in [6.45, 7) is 1.21. The van der Waals surface area contributed by atoms with E-state index in [1.807, 2.05) is 0 Å². The van der Waals surface area contributed by atoms with Gasteiger partial charge in [-0.3, -0.25) is 5.10 Å². The monoisotopic (exact) mass is 355 g/mol. The molecular weight excluding hydrogens is 338 g/mol. The van der Waals surface area contributed by atoms with Crippen LogP contribution < -0.4 is 0 Å². The van der Waals surface area contributed by atoms with Gasteiger partial charge >= 0.3 is 0 Å². The first-order valence-electron chi connectivity index (χ1n) is 6.12. The van der Waals surface area contributed by atoms with Crippen molar-refractivity contribution < 1.29 is 21.9 Å². The Morgan fingerprint density at radius 1 is 1.43 bits per heavy atom. The van der Waals surface area contributed by atoms with E-state index in [1.165, 1.54) is 11.8 Å². The number of aromatic amines is 1. The summed E-state index contributed by atoms with van der Waals surface area (Å²) in [5.41, 5.74) is 0.610. The first-order chi connectivity index (χ1) is 9.69. The summed E-state index contributed by atoms with van der Waals surface area (Å²) < 4.78 is 50.0. The molecule has 1 aromatic rings. The molecule has 0 bridgehead atoms. The Labute approximate surface area is 127 Å². The predicted octanol–water partition coefficient (Wildman–Crippen LogP) is -0.681. The van der Waals surface area contributed by atoms with Crippen molar-refractivity contribution in [3.05, 3.63) is 11.3 Å². The van der Waals surface area contributed by atoms with Crippen molar-refractivity contribution in [2.75, 3.05) is 24.3 Å². The second-order valence-electron chi connectivity index (χ2n) is 4.77. The van der Waals surface area contributed by atoms with Gasteiger partial charge in [0.25, 0.3) is 10.0 Å². The van der Waals surface area contributed by atoms with Crippen LogP contribution in [-0.2, 0) is 26.5 Å². The molecule has 21 heavy (non-hydrogen) atoms. The number of H-pyrrole nitrogens is 1. The highest BCUT2D eigenvalue weighted by molar-refractivity contribution is 8.01. The first kappa shape index (κ1) is 16.7. The Morgan fingerprint density at radius 3 is 2.67 bits per heavy atom. The molecule has 0 aromatic carbocycles. The summed E-state index contributed by atoms with van der Waals surface area (Å²) in [6, 6.07) is 0. The zero-order chi connectivity index (χ0) is 15.8. The van der Waals surface area contributed by atoms with E-state index in [0.717, 1.165) is 10.6 Å². The third kappa shape index (κ3) is 3.11. The zero-order valence-electron chi connectivity index (χ0n) is 11.6. The molecule has 0 aliphatic carbocycles. The van der Waals surface area contributed by atoms with E-state index in [0.29, 0.717) is 11.4 Å². The van der Waals surface area contributed by atoms with Crippen molar-refractivity contribution in [1.82, 2.24) is 14.5 Å². The van der Waals surface area contributed by atoms with Gasteiger partial charge in [0, 0.05) is 35.6 Å². The van der Waals surface area contributed by atoms with E-state index >= 15 is 0 Å². The lowest BCUT2D eigenvalue weighted by Crippen LogP contribution is -2.50. The number of hydrogen-bond acceptors (Lipinski definition) is 7. The minimum absolute atomic E-state index is 0.0987. The van der Waals surface area contributed by atoms with Gasteiger partial charge in [-0.15, -0.1) is 0 Å². The van der Waals surface area contributed by atoms with Crippen LogP contribution >= 0.6 is 11.8 Å². The number of aryl methyl sites for hydroxylation is 1. The summed E-state index contributed by atoms with van der Waals surface area (Å²) in [5.74, 6) is 0.707. The number of rotatable bonds is 4. The molecule has 1 aromatic heterocycles. The molecule has 120 valence electrons. The number of sulfonamides is 1. The van der Waals surface area contributed by atoms with Crippen LogP contribution in [-0.4, -0.2) is 66.1 Å². The third-order valence-corrected chi connectivity index (χ3v) is 7.94. The van der Waals surface area contributed by atoms with Gasteiger partial charge in [0.1, 0.15) is 5.37 Å². The molecule has 11 heteroatoms. The summed E-state index contributed by atoms with van der Waals surface area (Å²) >= 11 is 1.40. The molecule has 0 radical (unpaired) electrons. The maximum Gasteiger partial charge on any atom is 0.264 e. The van der Waals surface area contributed by atoms with Crippen LogP contribution in [0.1, 0.15) is 11.3 Å². The summed E-state index contributed by atoms with van der Waals surface area (Å²) in [7, 11) is -7.63. The molecule has 8 nitrogen and oxygen atoms in total.